The molecule has 19 heavy (non-hydrogen) atoms. The van der Waals surface area contributed by atoms with Gasteiger partial charge in [-0.3, -0.25) is 9.48 Å². The lowest BCUT2D eigenvalue weighted by atomic mass is 10.3. The van der Waals surface area contributed by atoms with Crippen LogP contribution in [0.1, 0.15) is 18.5 Å². The second kappa shape index (κ2) is 7.19. The quantitative estimate of drug-likeness (QED) is 0.569. The van der Waals surface area contributed by atoms with Gasteiger partial charge in [0.2, 0.25) is 5.91 Å². The number of aliphatic hydroxyl groups excluding tert-OH is 1. The number of hydrogen-bond donors (Lipinski definition) is 2. The standard InChI is InChI=1S/C10H18N4O4S/c11-10(16)3-6-19(17,18)7-4-14-8-9(12-13-14)2-1-5-15/h8,15H,1-7H2,(H2,11,16). The molecule has 1 rings (SSSR count). The Morgan fingerprint density at radius 3 is 2.79 bits per heavy atom. The van der Waals surface area contributed by atoms with E-state index in [9.17, 15) is 13.2 Å². The molecule has 0 aliphatic heterocycles. The topological polar surface area (TPSA) is 128 Å². The molecule has 0 fully saturated rings. The van der Waals surface area contributed by atoms with E-state index in [0.29, 0.717) is 18.5 Å². The van der Waals surface area contributed by atoms with E-state index in [1.807, 2.05) is 0 Å². The van der Waals surface area contributed by atoms with Gasteiger partial charge < -0.3 is 10.8 Å². The van der Waals surface area contributed by atoms with Gasteiger partial charge in [-0.05, 0) is 12.8 Å². The van der Waals surface area contributed by atoms with E-state index in [2.05, 4.69) is 10.3 Å². The maximum Gasteiger partial charge on any atom is 0.218 e. The molecule has 0 saturated heterocycles. The summed E-state index contributed by atoms with van der Waals surface area (Å²) >= 11 is 0. The van der Waals surface area contributed by atoms with E-state index >= 15 is 0 Å². The van der Waals surface area contributed by atoms with Crippen LogP contribution >= 0.6 is 0 Å². The number of aliphatic hydroxyl groups is 1. The molecule has 0 saturated carbocycles. The van der Waals surface area contributed by atoms with Crippen LogP contribution in [0.15, 0.2) is 6.20 Å². The van der Waals surface area contributed by atoms with Gasteiger partial charge in [0.1, 0.15) is 0 Å². The smallest absolute Gasteiger partial charge is 0.218 e. The van der Waals surface area contributed by atoms with E-state index in [4.69, 9.17) is 10.8 Å². The van der Waals surface area contributed by atoms with Crippen molar-refractivity contribution in [3.63, 3.8) is 0 Å². The number of rotatable bonds is 9. The zero-order chi connectivity index (χ0) is 14.3. The van der Waals surface area contributed by atoms with Gasteiger partial charge in [0.15, 0.2) is 9.84 Å². The minimum absolute atomic E-state index is 0.0777. The fourth-order valence-corrected chi connectivity index (χ4v) is 2.59. The molecule has 1 aromatic heterocycles. The fourth-order valence-electron chi connectivity index (χ4n) is 1.41. The molecule has 3 N–H and O–H groups in total. The van der Waals surface area contributed by atoms with Crippen molar-refractivity contribution in [2.24, 2.45) is 5.73 Å². The molecule has 108 valence electrons. The van der Waals surface area contributed by atoms with E-state index < -0.39 is 15.7 Å². The van der Waals surface area contributed by atoms with Crippen molar-refractivity contribution in [1.82, 2.24) is 15.0 Å². The number of nitrogens with zero attached hydrogens (tertiary/aromatic N) is 3. The van der Waals surface area contributed by atoms with Crippen LogP contribution in [-0.4, -0.2) is 52.5 Å². The highest BCUT2D eigenvalue weighted by molar-refractivity contribution is 7.91. The third kappa shape index (κ3) is 6.30. The summed E-state index contributed by atoms with van der Waals surface area (Å²) < 4.78 is 24.6. The highest BCUT2D eigenvalue weighted by Crippen LogP contribution is 2.00. The molecule has 0 atom stereocenters. The van der Waals surface area contributed by atoms with Crippen molar-refractivity contribution < 1.29 is 18.3 Å². The van der Waals surface area contributed by atoms with Gasteiger partial charge in [-0.2, -0.15) is 0 Å². The molecule has 9 heteroatoms. The SMILES string of the molecule is NC(=O)CCS(=O)(=O)CCn1cc(CCCO)nn1. The minimum Gasteiger partial charge on any atom is -0.396 e. The number of carbonyl (C=O) groups is 1. The Morgan fingerprint density at radius 2 is 2.16 bits per heavy atom. The molecule has 1 aromatic rings. The molecule has 0 bridgehead atoms. The van der Waals surface area contributed by atoms with Crippen molar-refractivity contribution in [1.29, 1.82) is 0 Å². The Morgan fingerprint density at radius 1 is 1.42 bits per heavy atom. The third-order valence-electron chi connectivity index (χ3n) is 2.47. The van der Waals surface area contributed by atoms with E-state index in [1.54, 1.807) is 6.20 Å². The van der Waals surface area contributed by atoms with E-state index in [1.165, 1.54) is 4.68 Å². The van der Waals surface area contributed by atoms with E-state index in [0.717, 1.165) is 0 Å². The summed E-state index contributed by atoms with van der Waals surface area (Å²) in [6.45, 7) is 0.265. The number of carbonyl (C=O) groups excluding carboxylic acids is 1. The molecule has 0 spiro atoms. The molecular weight excluding hydrogens is 272 g/mol. The number of amides is 1. The molecule has 1 amide bonds. The summed E-state index contributed by atoms with van der Waals surface area (Å²) in [6, 6.07) is 0. The lowest BCUT2D eigenvalue weighted by Gasteiger charge is -2.02. The molecule has 0 aliphatic carbocycles. The number of aryl methyl sites for hydroxylation is 2. The highest BCUT2D eigenvalue weighted by atomic mass is 32.2. The van der Waals surface area contributed by atoms with Gasteiger partial charge in [-0.1, -0.05) is 5.21 Å². The van der Waals surface area contributed by atoms with Gasteiger partial charge in [0, 0.05) is 19.2 Å². The predicted octanol–water partition coefficient (Wildman–Crippen LogP) is -1.51. The number of aromatic nitrogens is 3. The van der Waals surface area contributed by atoms with Crippen LogP contribution in [0, 0.1) is 0 Å². The van der Waals surface area contributed by atoms with Crippen LogP contribution in [0.25, 0.3) is 0 Å². The lowest BCUT2D eigenvalue weighted by molar-refractivity contribution is -0.117. The summed E-state index contributed by atoms with van der Waals surface area (Å²) in [6.07, 6.45) is 2.68. The first-order valence-corrected chi connectivity index (χ1v) is 7.73. The Balaban J connectivity index is 2.43. The van der Waals surface area contributed by atoms with Gasteiger partial charge >= 0.3 is 0 Å². The monoisotopic (exact) mass is 290 g/mol. The van der Waals surface area contributed by atoms with Crippen molar-refractivity contribution in [3.8, 4) is 0 Å². The maximum atomic E-state index is 11.6. The van der Waals surface area contributed by atoms with Gasteiger partial charge in [0.25, 0.3) is 0 Å². The van der Waals surface area contributed by atoms with Gasteiger partial charge in [0.05, 0.1) is 23.7 Å². The van der Waals surface area contributed by atoms with Crippen LogP contribution in [0.2, 0.25) is 0 Å². The summed E-state index contributed by atoms with van der Waals surface area (Å²) in [5, 5.41) is 16.3. The molecule has 0 unspecified atom stereocenters. The van der Waals surface area contributed by atoms with Crippen LogP contribution in [0.5, 0.6) is 0 Å². The average molecular weight is 290 g/mol. The normalized spacial score (nSPS) is 11.6. The Bertz CT molecular complexity index is 511. The van der Waals surface area contributed by atoms with Crippen molar-refractivity contribution in [3.05, 3.63) is 11.9 Å². The van der Waals surface area contributed by atoms with Crippen molar-refractivity contribution in [2.45, 2.75) is 25.8 Å². The maximum absolute atomic E-state index is 11.6. The zero-order valence-corrected chi connectivity index (χ0v) is 11.3. The molecule has 0 radical (unpaired) electrons. The van der Waals surface area contributed by atoms with Crippen molar-refractivity contribution >= 4 is 15.7 Å². The molecule has 8 nitrogen and oxygen atoms in total. The number of primary amides is 1. The largest absolute Gasteiger partial charge is 0.396 e. The molecular formula is C10H18N4O4S. The number of hydrogen-bond acceptors (Lipinski definition) is 6. The number of sulfone groups is 1. The highest BCUT2D eigenvalue weighted by Gasteiger charge is 2.13. The second-order valence-corrected chi connectivity index (χ2v) is 6.47. The first-order valence-electron chi connectivity index (χ1n) is 5.91. The average Bonchev–Trinajstić information content (AvgIpc) is 2.80. The number of nitrogens with two attached hydrogens (primary N) is 1. The summed E-state index contributed by atoms with van der Waals surface area (Å²) in [7, 11) is -3.31. The van der Waals surface area contributed by atoms with Crippen LogP contribution < -0.4 is 5.73 Å². The van der Waals surface area contributed by atoms with Gasteiger partial charge in [-0.15, -0.1) is 5.10 Å². The lowest BCUT2D eigenvalue weighted by Crippen LogP contribution is -2.21. The summed E-state index contributed by atoms with van der Waals surface area (Å²) in [4.78, 5) is 10.5. The van der Waals surface area contributed by atoms with Crippen LogP contribution in [0.3, 0.4) is 0 Å². The Labute approximate surface area is 111 Å². The summed E-state index contributed by atoms with van der Waals surface area (Å²) in [5.41, 5.74) is 5.62. The zero-order valence-electron chi connectivity index (χ0n) is 10.5. The van der Waals surface area contributed by atoms with E-state index in [-0.39, 0.29) is 31.1 Å². The van der Waals surface area contributed by atoms with Crippen molar-refractivity contribution in [2.75, 3.05) is 18.1 Å². The first-order chi connectivity index (χ1) is 8.93. The first kappa shape index (κ1) is 15.6. The molecule has 1 heterocycles. The van der Waals surface area contributed by atoms with Gasteiger partial charge in [-0.25, -0.2) is 8.42 Å². The Hall–Kier alpha value is -1.48. The van der Waals surface area contributed by atoms with Crippen LogP contribution in [0.4, 0.5) is 0 Å². The second-order valence-electron chi connectivity index (χ2n) is 4.17. The molecule has 0 aliphatic rings. The summed E-state index contributed by atoms with van der Waals surface area (Å²) in [5.74, 6) is -0.979. The third-order valence-corrected chi connectivity index (χ3v) is 4.10. The fraction of sp³-hybridized carbons (Fsp3) is 0.700. The van der Waals surface area contributed by atoms with Crippen LogP contribution in [-0.2, 0) is 27.6 Å². The Kier molecular flexibility index (Phi) is 5.90. The molecule has 0 aromatic carbocycles. The minimum atomic E-state index is -3.31. The predicted molar refractivity (Wildman–Crippen MR) is 67.9 cm³/mol.